The quantitative estimate of drug-likeness (QED) is 0.877. The van der Waals surface area contributed by atoms with Crippen molar-refractivity contribution < 1.29 is 14.6 Å². The number of aryl methyl sites for hydroxylation is 1. The lowest BCUT2D eigenvalue weighted by atomic mass is 10.1. The second-order valence-corrected chi connectivity index (χ2v) is 5.75. The van der Waals surface area contributed by atoms with Gasteiger partial charge in [-0.2, -0.15) is 0 Å². The van der Waals surface area contributed by atoms with Crippen molar-refractivity contribution in [3.63, 3.8) is 0 Å². The molecule has 24 heavy (non-hydrogen) atoms. The predicted molar refractivity (Wildman–Crippen MR) is 94.9 cm³/mol. The van der Waals surface area contributed by atoms with E-state index in [0.29, 0.717) is 0 Å². The normalized spacial score (nSPS) is 15.0. The molecule has 1 aliphatic heterocycles. The standard InChI is InChI=1S/C19H20N2O3/c1-14-12-18(21-8-10-24-11-9-21)7-4-16(14)13-20-17-5-2-15(3-6-17)19(22)23/h2-7,12-13H,8-11H2,1H3,(H,22,23). The van der Waals surface area contributed by atoms with E-state index in [1.165, 1.54) is 5.69 Å². The van der Waals surface area contributed by atoms with Crippen LogP contribution in [-0.4, -0.2) is 43.6 Å². The molecular formula is C19H20N2O3. The Morgan fingerprint density at radius 2 is 1.88 bits per heavy atom. The first kappa shape index (κ1) is 16.2. The summed E-state index contributed by atoms with van der Waals surface area (Å²) in [6.07, 6.45) is 1.81. The largest absolute Gasteiger partial charge is 0.478 e. The maximum Gasteiger partial charge on any atom is 0.335 e. The molecule has 1 fully saturated rings. The van der Waals surface area contributed by atoms with Gasteiger partial charge < -0.3 is 14.7 Å². The molecule has 0 saturated carbocycles. The molecule has 3 rings (SSSR count). The van der Waals surface area contributed by atoms with Crippen LogP contribution >= 0.6 is 0 Å². The van der Waals surface area contributed by atoms with Gasteiger partial charge >= 0.3 is 5.97 Å². The van der Waals surface area contributed by atoms with Crippen LogP contribution in [0.25, 0.3) is 0 Å². The zero-order valence-electron chi connectivity index (χ0n) is 13.6. The van der Waals surface area contributed by atoms with E-state index in [2.05, 4.69) is 35.0 Å². The minimum absolute atomic E-state index is 0.264. The number of carboxylic acid groups (broad SMARTS) is 1. The lowest BCUT2D eigenvalue weighted by Gasteiger charge is -2.29. The average molecular weight is 324 g/mol. The van der Waals surface area contributed by atoms with Crippen LogP contribution in [0.1, 0.15) is 21.5 Å². The number of nitrogens with zero attached hydrogens (tertiary/aromatic N) is 2. The molecule has 0 radical (unpaired) electrons. The molecule has 0 aliphatic carbocycles. The fourth-order valence-electron chi connectivity index (χ4n) is 2.66. The third-order valence-electron chi connectivity index (χ3n) is 4.10. The molecule has 0 unspecified atom stereocenters. The number of aromatic carboxylic acids is 1. The van der Waals surface area contributed by atoms with Gasteiger partial charge in [0, 0.05) is 25.0 Å². The summed E-state index contributed by atoms with van der Waals surface area (Å²) in [7, 11) is 0. The van der Waals surface area contributed by atoms with Crippen LogP contribution in [0.5, 0.6) is 0 Å². The number of rotatable bonds is 4. The van der Waals surface area contributed by atoms with Gasteiger partial charge in [-0.05, 0) is 54.4 Å². The van der Waals surface area contributed by atoms with Gasteiger partial charge in [0.25, 0.3) is 0 Å². The van der Waals surface area contributed by atoms with E-state index in [-0.39, 0.29) is 5.56 Å². The maximum atomic E-state index is 10.8. The van der Waals surface area contributed by atoms with Crippen molar-refractivity contribution >= 4 is 23.6 Å². The predicted octanol–water partition coefficient (Wildman–Crippen LogP) is 3.28. The number of hydrogen-bond acceptors (Lipinski definition) is 4. The lowest BCUT2D eigenvalue weighted by molar-refractivity contribution is 0.0697. The summed E-state index contributed by atoms with van der Waals surface area (Å²) in [5.41, 5.74) is 4.41. The summed E-state index contributed by atoms with van der Waals surface area (Å²) in [5, 5.41) is 8.90. The van der Waals surface area contributed by atoms with Crippen LogP contribution in [0.15, 0.2) is 47.5 Å². The summed E-state index contributed by atoms with van der Waals surface area (Å²) in [4.78, 5) is 17.6. The summed E-state index contributed by atoms with van der Waals surface area (Å²) < 4.78 is 5.39. The highest BCUT2D eigenvalue weighted by atomic mass is 16.5. The van der Waals surface area contributed by atoms with Gasteiger partial charge in [0.05, 0.1) is 24.5 Å². The van der Waals surface area contributed by atoms with Crippen molar-refractivity contribution in [1.29, 1.82) is 0 Å². The number of hydrogen-bond donors (Lipinski definition) is 1. The molecule has 1 aliphatic rings. The molecule has 2 aromatic rings. The van der Waals surface area contributed by atoms with Gasteiger partial charge in [0.15, 0.2) is 0 Å². The van der Waals surface area contributed by atoms with Crippen molar-refractivity contribution in [2.45, 2.75) is 6.92 Å². The van der Waals surface area contributed by atoms with E-state index in [0.717, 1.165) is 43.1 Å². The van der Waals surface area contributed by atoms with Gasteiger partial charge in [0.1, 0.15) is 0 Å². The Morgan fingerprint density at radius 1 is 1.17 bits per heavy atom. The maximum absolute atomic E-state index is 10.8. The fourth-order valence-corrected chi connectivity index (χ4v) is 2.66. The fraction of sp³-hybridized carbons (Fsp3) is 0.263. The zero-order valence-corrected chi connectivity index (χ0v) is 13.6. The summed E-state index contributed by atoms with van der Waals surface area (Å²) >= 11 is 0. The number of morpholine rings is 1. The molecule has 0 spiro atoms. The SMILES string of the molecule is Cc1cc(N2CCOCC2)ccc1C=Nc1ccc(C(=O)O)cc1. The van der Waals surface area contributed by atoms with Crippen LogP contribution < -0.4 is 4.90 Å². The van der Waals surface area contributed by atoms with Crippen LogP contribution in [-0.2, 0) is 4.74 Å². The van der Waals surface area contributed by atoms with Gasteiger partial charge in [-0.1, -0.05) is 6.07 Å². The summed E-state index contributed by atoms with van der Waals surface area (Å²) in [5.74, 6) is -0.930. The van der Waals surface area contributed by atoms with E-state index in [4.69, 9.17) is 9.84 Å². The Hall–Kier alpha value is -2.66. The molecule has 124 valence electrons. The second kappa shape index (κ2) is 7.27. The first-order valence-corrected chi connectivity index (χ1v) is 7.94. The molecule has 0 amide bonds. The molecule has 1 N–H and O–H groups in total. The highest BCUT2D eigenvalue weighted by molar-refractivity contribution is 5.88. The number of ether oxygens (including phenoxy) is 1. The second-order valence-electron chi connectivity index (χ2n) is 5.75. The van der Waals surface area contributed by atoms with Gasteiger partial charge in [-0.25, -0.2) is 4.79 Å². The smallest absolute Gasteiger partial charge is 0.335 e. The molecule has 1 saturated heterocycles. The monoisotopic (exact) mass is 324 g/mol. The van der Waals surface area contributed by atoms with Crippen LogP contribution in [0.4, 0.5) is 11.4 Å². The molecule has 5 heteroatoms. The molecule has 0 atom stereocenters. The summed E-state index contributed by atoms with van der Waals surface area (Å²) in [6, 6.07) is 12.9. The number of carboxylic acids is 1. The number of aliphatic imine (C=N–C) groups is 1. The van der Waals surface area contributed by atoms with Crippen LogP contribution in [0.3, 0.4) is 0 Å². The Kier molecular flexibility index (Phi) is 4.91. The third kappa shape index (κ3) is 3.81. The van der Waals surface area contributed by atoms with E-state index in [9.17, 15) is 4.79 Å². The number of anilines is 1. The van der Waals surface area contributed by atoms with Gasteiger partial charge in [-0.15, -0.1) is 0 Å². The minimum atomic E-state index is -0.930. The Balaban J connectivity index is 1.73. The molecule has 0 aromatic heterocycles. The van der Waals surface area contributed by atoms with E-state index in [1.54, 1.807) is 24.3 Å². The molecule has 0 bridgehead atoms. The number of benzene rings is 2. The highest BCUT2D eigenvalue weighted by Gasteiger charge is 2.11. The highest BCUT2D eigenvalue weighted by Crippen LogP contribution is 2.20. The molecular weight excluding hydrogens is 304 g/mol. The lowest BCUT2D eigenvalue weighted by Crippen LogP contribution is -2.36. The van der Waals surface area contributed by atoms with Crippen molar-refractivity contribution in [1.82, 2.24) is 0 Å². The van der Waals surface area contributed by atoms with E-state index < -0.39 is 5.97 Å². The van der Waals surface area contributed by atoms with Gasteiger partial charge in [-0.3, -0.25) is 4.99 Å². The number of carbonyl (C=O) groups is 1. The first-order chi connectivity index (χ1) is 11.6. The Bertz CT molecular complexity index is 748. The molecule has 1 heterocycles. The van der Waals surface area contributed by atoms with Crippen LogP contribution in [0.2, 0.25) is 0 Å². The van der Waals surface area contributed by atoms with Crippen LogP contribution in [0, 0.1) is 6.92 Å². The average Bonchev–Trinajstić information content (AvgIpc) is 2.62. The molecule has 2 aromatic carbocycles. The molecule has 5 nitrogen and oxygen atoms in total. The summed E-state index contributed by atoms with van der Waals surface area (Å²) in [6.45, 7) is 5.45. The minimum Gasteiger partial charge on any atom is -0.478 e. The van der Waals surface area contributed by atoms with E-state index in [1.807, 2.05) is 6.21 Å². The van der Waals surface area contributed by atoms with E-state index >= 15 is 0 Å². The third-order valence-corrected chi connectivity index (χ3v) is 4.10. The van der Waals surface area contributed by atoms with Crippen molar-refractivity contribution in [2.75, 3.05) is 31.2 Å². The van der Waals surface area contributed by atoms with Crippen molar-refractivity contribution in [3.05, 3.63) is 59.2 Å². The van der Waals surface area contributed by atoms with Crippen molar-refractivity contribution in [2.24, 2.45) is 4.99 Å². The van der Waals surface area contributed by atoms with Crippen molar-refractivity contribution in [3.8, 4) is 0 Å². The first-order valence-electron chi connectivity index (χ1n) is 7.94. The Labute approximate surface area is 141 Å². The zero-order chi connectivity index (χ0) is 16.9. The van der Waals surface area contributed by atoms with Gasteiger partial charge in [0.2, 0.25) is 0 Å². The Morgan fingerprint density at radius 3 is 2.50 bits per heavy atom. The topological polar surface area (TPSA) is 62.1 Å².